The van der Waals surface area contributed by atoms with Crippen molar-refractivity contribution in [1.29, 1.82) is 0 Å². The Morgan fingerprint density at radius 2 is 1.85 bits per heavy atom. The third kappa shape index (κ3) is 5.59. The van der Waals surface area contributed by atoms with E-state index in [1.54, 1.807) is 11.1 Å². The number of hydrogen-bond donors (Lipinski definition) is 2. The molecule has 1 saturated heterocycles. The van der Waals surface area contributed by atoms with Crippen molar-refractivity contribution in [3.8, 4) is 5.75 Å². The number of nitrogens with one attached hydrogen (secondary N) is 2. The van der Waals surface area contributed by atoms with Gasteiger partial charge in [-0.05, 0) is 48.1 Å². The number of hydrazine groups is 1. The third-order valence-corrected chi connectivity index (χ3v) is 6.38. The summed E-state index contributed by atoms with van der Waals surface area (Å²) in [5.74, 6) is 1.26. The van der Waals surface area contributed by atoms with E-state index in [9.17, 15) is 9.59 Å². The van der Waals surface area contributed by atoms with E-state index in [-0.39, 0.29) is 30.3 Å². The van der Waals surface area contributed by atoms with Gasteiger partial charge < -0.3 is 20.0 Å². The van der Waals surface area contributed by atoms with Crippen LogP contribution in [0.2, 0.25) is 0 Å². The van der Waals surface area contributed by atoms with Crippen molar-refractivity contribution in [2.24, 2.45) is 0 Å². The molecule has 2 unspecified atom stereocenters. The minimum Gasteiger partial charge on any atom is -0.494 e. The molecule has 0 radical (unpaired) electrons. The molecule has 2 aromatic carbocycles. The van der Waals surface area contributed by atoms with Gasteiger partial charge in [0, 0.05) is 31.9 Å². The molecule has 7 nitrogen and oxygen atoms in total. The topological polar surface area (TPSA) is 73.9 Å². The van der Waals surface area contributed by atoms with Crippen LogP contribution in [0.1, 0.15) is 62.3 Å². The second-order valence-electron chi connectivity index (χ2n) is 9.10. The van der Waals surface area contributed by atoms with Crippen molar-refractivity contribution >= 4 is 11.8 Å². The Balaban J connectivity index is 1.25. The summed E-state index contributed by atoms with van der Waals surface area (Å²) in [5, 5.41) is 4.82. The predicted molar refractivity (Wildman–Crippen MR) is 132 cm³/mol. The summed E-state index contributed by atoms with van der Waals surface area (Å²) in [6.07, 6.45) is 4.61. The number of hydrogen-bond acceptors (Lipinski definition) is 5. The minimum absolute atomic E-state index is 0.0237. The fourth-order valence-electron chi connectivity index (χ4n) is 4.33. The van der Waals surface area contributed by atoms with Crippen molar-refractivity contribution in [2.75, 3.05) is 13.2 Å². The Kier molecular flexibility index (Phi) is 7.53. The molecule has 2 heterocycles. The molecule has 2 aliphatic heterocycles. The zero-order chi connectivity index (χ0) is 24.1. The highest BCUT2D eigenvalue weighted by molar-refractivity contribution is 5.85. The monoisotopic (exact) mass is 462 g/mol. The van der Waals surface area contributed by atoms with Crippen LogP contribution in [-0.2, 0) is 16.1 Å². The van der Waals surface area contributed by atoms with E-state index < -0.39 is 0 Å². The second kappa shape index (κ2) is 10.7. The second-order valence-corrected chi connectivity index (χ2v) is 9.10. The molecule has 0 aromatic heterocycles. The molecule has 2 aliphatic rings. The minimum atomic E-state index is -0.258. The van der Waals surface area contributed by atoms with Gasteiger partial charge >= 0.3 is 0 Å². The smallest absolute Gasteiger partial charge is 0.250 e. The molecule has 0 aliphatic carbocycles. The summed E-state index contributed by atoms with van der Waals surface area (Å²) in [7, 11) is 0. The number of fused-ring (bicyclic) bond motifs is 1. The van der Waals surface area contributed by atoms with Gasteiger partial charge in [0.2, 0.25) is 5.91 Å². The Labute approximate surface area is 201 Å². The van der Waals surface area contributed by atoms with Crippen LogP contribution >= 0.6 is 0 Å². The molecule has 2 N–H and O–H groups in total. The lowest BCUT2D eigenvalue weighted by atomic mass is 9.97. The van der Waals surface area contributed by atoms with Gasteiger partial charge in [-0.2, -0.15) is 0 Å². The number of benzene rings is 2. The van der Waals surface area contributed by atoms with E-state index in [4.69, 9.17) is 4.74 Å². The zero-order valence-electron chi connectivity index (χ0n) is 20.2. The molecule has 2 amide bonds. The summed E-state index contributed by atoms with van der Waals surface area (Å²) in [4.78, 5) is 27.1. The van der Waals surface area contributed by atoms with Crippen molar-refractivity contribution < 1.29 is 14.3 Å². The van der Waals surface area contributed by atoms with Crippen LogP contribution in [-0.4, -0.2) is 40.9 Å². The predicted octanol–water partition coefficient (Wildman–Crippen LogP) is 3.85. The number of carbonyl (C=O) groups excluding carboxylic acids is 2. The van der Waals surface area contributed by atoms with Crippen LogP contribution < -0.4 is 15.5 Å². The number of rotatable bonds is 9. The van der Waals surface area contributed by atoms with Gasteiger partial charge in [0.1, 0.15) is 11.8 Å². The van der Waals surface area contributed by atoms with Gasteiger partial charge in [-0.3, -0.25) is 9.59 Å². The molecule has 2 aromatic rings. The van der Waals surface area contributed by atoms with Gasteiger partial charge in [0.05, 0.1) is 12.6 Å². The SMILES string of the molecule is CCOc1ccc(CNC(=O)CCN2C=CN3NC(c4ccc(C(C)C)cc4)CC3C2=O)cc1. The Morgan fingerprint density at radius 3 is 2.53 bits per heavy atom. The summed E-state index contributed by atoms with van der Waals surface area (Å²) < 4.78 is 5.44. The zero-order valence-corrected chi connectivity index (χ0v) is 20.2. The molecule has 0 bridgehead atoms. The lowest BCUT2D eigenvalue weighted by molar-refractivity contribution is -0.134. The fourth-order valence-corrected chi connectivity index (χ4v) is 4.33. The first kappa shape index (κ1) is 23.8. The van der Waals surface area contributed by atoms with Crippen LogP contribution in [0, 0.1) is 0 Å². The van der Waals surface area contributed by atoms with Crippen LogP contribution in [0.4, 0.5) is 0 Å². The first-order valence-electron chi connectivity index (χ1n) is 12.1. The highest BCUT2D eigenvalue weighted by atomic mass is 16.5. The summed E-state index contributed by atoms with van der Waals surface area (Å²) in [5.41, 5.74) is 6.93. The highest BCUT2D eigenvalue weighted by Crippen LogP contribution is 2.31. The first-order chi connectivity index (χ1) is 16.4. The maximum absolute atomic E-state index is 13.1. The highest BCUT2D eigenvalue weighted by Gasteiger charge is 2.39. The first-order valence-corrected chi connectivity index (χ1v) is 12.1. The van der Waals surface area contributed by atoms with E-state index in [0.717, 1.165) is 11.3 Å². The molecular formula is C27H34N4O3. The van der Waals surface area contributed by atoms with E-state index in [0.29, 0.717) is 32.0 Å². The number of ether oxygens (including phenoxy) is 1. The molecule has 2 atom stereocenters. The average molecular weight is 463 g/mol. The van der Waals surface area contributed by atoms with E-state index in [1.165, 1.54) is 11.1 Å². The summed E-state index contributed by atoms with van der Waals surface area (Å²) in [6, 6.07) is 16.1. The largest absolute Gasteiger partial charge is 0.494 e. The Hall–Kier alpha value is -3.32. The number of amides is 2. The quantitative estimate of drug-likeness (QED) is 0.592. The number of nitrogens with zero attached hydrogens (tertiary/aromatic N) is 2. The van der Waals surface area contributed by atoms with Gasteiger partial charge in [-0.15, -0.1) is 0 Å². The van der Waals surface area contributed by atoms with Crippen LogP contribution in [0.25, 0.3) is 0 Å². The number of carbonyl (C=O) groups is 2. The van der Waals surface area contributed by atoms with E-state index in [1.807, 2.05) is 42.4 Å². The molecule has 1 fully saturated rings. The van der Waals surface area contributed by atoms with Crippen molar-refractivity contribution in [1.82, 2.24) is 20.7 Å². The third-order valence-electron chi connectivity index (χ3n) is 6.38. The standard InChI is InChI=1S/C27H34N4O3/c1-4-34-23-11-5-20(6-12-23)18-28-26(32)13-14-30-15-16-31-25(27(30)33)17-24(29-31)22-9-7-21(8-10-22)19(2)3/h5-12,15-16,19,24-25,29H,4,13-14,17-18H2,1-3H3,(H,28,32). The van der Waals surface area contributed by atoms with Gasteiger partial charge in [0.15, 0.2) is 0 Å². The molecular weight excluding hydrogens is 428 g/mol. The molecule has 7 heteroatoms. The van der Waals surface area contributed by atoms with Crippen molar-refractivity contribution in [3.63, 3.8) is 0 Å². The molecule has 34 heavy (non-hydrogen) atoms. The molecule has 0 spiro atoms. The van der Waals surface area contributed by atoms with E-state index >= 15 is 0 Å². The fraction of sp³-hybridized carbons (Fsp3) is 0.407. The Morgan fingerprint density at radius 1 is 1.12 bits per heavy atom. The lowest BCUT2D eigenvalue weighted by Crippen LogP contribution is -2.48. The molecule has 180 valence electrons. The summed E-state index contributed by atoms with van der Waals surface area (Å²) in [6.45, 7) is 7.75. The molecule has 4 rings (SSSR count). The summed E-state index contributed by atoms with van der Waals surface area (Å²) >= 11 is 0. The van der Waals surface area contributed by atoms with Crippen LogP contribution in [0.3, 0.4) is 0 Å². The average Bonchev–Trinajstić information content (AvgIpc) is 3.29. The molecule has 0 saturated carbocycles. The van der Waals surface area contributed by atoms with Crippen LogP contribution in [0.15, 0.2) is 60.9 Å². The van der Waals surface area contributed by atoms with Gasteiger partial charge in [-0.25, -0.2) is 5.43 Å². The van der Waals surface area contributed by atoms with Gasteiger partial charge in [-0.1, -0.05) is 50.2 Å². The Bertz CT molecular complexity index is 1020. The van der Waals surface area contributed by atoms with Crippen molar-refractivity contribution in [3.05, 3.63) is 77.6 Å². The van der Waals surface area contributed by atoms with Crippen LogP contribution in [0.5, 0.6) is 5.75 Å². The van der Waals surface area contributed by atoms with E-state index in [2.05, 4.69) is 48.9 Å². The van der Waals surface area contributed by atoms with Gasteiger partial charge in [0.25, 0.3) is 5.91 Å². The maximum atomic E-state index is 13.1. The lowest BCUT2D eigenvalue weighted by Gasteiger charge is -2.31. The maximum Gasteiger partial charge on any atom is 0.250 e. The van der Waals surface area contributed by atoms with Crippen molar-refractivity contribution in [2.45, 2.75) is 58.2 Å². The normalized spacial score (nSPS) is 19.5.